The number of rotatable bonds is 4. The summed E-state index contributed by atoms with van der Waals surface area (Å²) in [7, 11) is 0. The van der Waals surface area contributed by atoms with Gasteiger partial charge in [0.2, 0.25) is 0 Å². The first-order valence-corrected chi connectivity index (χ1v) is 6.58. The van der Waals surface area contributed by atoms with Gasteiger partial charge in [0.25, 0.3) is 0 Å². The molecule has 0 saturated carbocycles. The fourth-order valence-electron chi connectivity index (χ4n) is 2.17. The summed E-state index contributed by atoms with van der Waals surface area (Å²) in [5.41, 5.74) is 7.47. The van der Waals surface area contributed by atoms with Gasteiger partial charge in [-0.25, -0.2) is 0 Å². The minimum Gasteiger partial charge on any atom is -0.103 e. The molecule has 0 heterocycles. The molecule has 0 heteroatoms. The van der Waals surface area contributed by atoms with Crippen LogP contribution < -0.4 is 0 Å². The Morgan fingerprint density at radius 2 is 1.68 bits per heavy atom. The fraction of sp³-hybridized carbons (Fsp3) is 0.158. The molecule has 0 amide bonds. The van der Waals surface area contributed by atoms with Gasteiger partial charge in [-0.3, -0.25) is 0 Å². The van der Waals surface area contributed by atoms with Crippen molar-refractivity contribution in [3.8, 4) is 11.1 Å². The maximum absolute atomic E-state index is 3.97. The SMILES string of the molecule is C=CCc1cc(-c2ccc(C(=C)C)cc2)ccc1C. The van der Waals surface area contributed by atoms with E-state index in [-0.39, 0.29) is 0 Å². The van der Waals surface area contributed by atoms with Crippen molar-refractivity contribution in [1.82, 2.24) is 0 Å². The van der Waals surface area contributed by atoms with E-state index in [1.54, 1.807) is 0 Å². The van der Waals surface area contributed by atoms with Crippen LogP contribution in [0.3, 0.4) is 0 Å². The molecule has 0 saturated heterocycles. The van der Waals surface area contributed by atoms with Gasteiger partial charge in [-0.05, 0) is 48.1 Å². The zero-order chi connectivity index (χ0) is 13.8. The van der Waals surface area contributed by atoms with Crippen molar-refractivity contribution in [2.24, 2.45) is 0 Å². The highest BCUT2D eigenvalue weighted by Gasteiger charge is 2.02. The maximum atomic E-state index is 3.97. The van der Waals surface area contributed by atoms with Gasteiger partial charge >= 0.3 is 0 Å². The highest BCUT2D eigenvalue weighted by atomic mass is 14.1. The second-order valence-electron chi connectivity index (χ2n) is 4.99. The Labute approximate surface area is 116 Å². The van der Waals surface area contributed by atoms with E-state index in [1.165, 1.54) is 27.8 Å². The second-order valence-corrected chi connectivity index (χ2v) is 4.99. The lowest BCUT2D eigenvalue weighted by Crippen LogP contribution is -1.89. The van der Waals surface area contributed by atoms with Gasteiger partial charge in [0.05, 0.1) is 0 Å². The van der Waals surface area contributed by atoms with Gasteiger partial charge in [-0.2, -0.15) is 0 Å². The Hall–Kier alpha value is -2.08. The normalized spacial score (nSPS) is 10.2. The van der Waals surface area contributed by atoms with Crippen molar-refractivity contribution in [3.63, 3.8) is 0 Å². The molecule has 0 aliphatic carbocycles. The molecule has 2 rings (SSSR count). The zero-order valence-electron chi connectivity index (χ0n) is 11.7. The number of benzene rings is 2. The van der Waals surface area contributed by atoms with E-state index in [0.717, 1.165) is 12.0 Å². The summed E-state index contributed by atoms with van der Waals surface area (Å²) in [6.07, 6.45) is 2.87. The van der Waals surface area contributed by atoms with Crippen molar-refractivity contribution >= 4 is 5.57 Å². The Kier molecular flexibility index (Phi) is 4.01. The van der Waals surface area contributed by atoms with Crippen LogP contribution in [0, 0.1) is 6.92 Å². The van der Waals surface area contributed by atoms with Crippen molar-refractivity contribution in [2.45, 2.75) is 20.3 Å². The molecule has 0 N–H and O–H groups in total. The Morgan fingerprint density at radius 3 is 2.26 bits per heavy atom. The Morgan fingerprint density at radius 1 is 1.05 bits per heavy atom. The van der Waals surface area contributed by atoms with E-state index in [4.69, 9.17) is 0 Å². The molecule has 0 nitrogen and oxygen atoms in total. The molecule has 0 radical (unpaired) electrons. The highest BCUT2D eigenvalue weighted by molar-refractivity contribution is 5.69. The van der Waals surface area contributed by atoms with Crippen molar-refractivity contribution in [3.05, 3.63) is 78.4 Å². The fourth-order valence-corrected chi connectivity index (χ4v) is 2.17. The topological polar surface area (TPSA) is 0 Å². The van der Waals surface area contributed by atoms with E-state index in [9.17, 15) is 0 Å². The molecule has 0 bridgehead atoms. The van der Waals surface area contributed by atoms with Crippen LogP contribution in [0.2, 0.25) is 0 Å². The predicted octanol–water partition coefficient (Wildman–Crippen LogP) is 5.42. The third-order valence-corrected chi connectivity index (χ3v) is 3.42. The monoisotopic (exact) mass is 248 g/mol. The smallest absolute Gasteiger partial charge is 0.00973 e. The minimum atomic E-state index is 0.920. The second kappa shape index (κ2) is 5.71. The standard InChI is InChI=1S/C19H20/c1-5-6-18-13-19(8-7-15(18)4)17-11-9-16(10-12-17)14(2)3/h5,7-13H,1-2,6H2,3-4H3. The molecule has 0 fully saturated rings. The minimum absolute atomic E-state index is 0.920. The van der Waals surface area contributed by atoms with Crippen molar-refractivity contribution in [2.75, 3.05) is 0 Å². The molecular weight excluding hydrogens is 228 g/mol. The molecular formula is C19H20. The van der Waals surface area contributed by atoms with Crippen molar-refractivity contribution < 1.29 is 0 Å². The molecule has 0 unspecified atom stereocenters. The molecule has 0 aromatic heterocycles. The first-order valence-electron chi connectivity index (χ1n) is 6.58. The maximum Gasteiger partial charge on any atom is -0.00973 e. The summed E-state index contributed by atoms with van der Waals surface area (Å²) in [6.45, 7) is 12.0. The summed E-state index contributed by atoms with van der Waals surface area (Å²) < 4.78 is 0. The molecule has 0 aliphatic heterocycles. The summed E-state index contributed by atoms with van der Waals surface area (Å²) in [4.78, 5) is 0. The molecule has 0 spiro atoms. The highest BCUT2D eigenvalue weighted by Crippen LogP contribution is 2.24. The van der Waals surface area contributed by atoms with Crippen LogP contribution in [-0.2, 0) is 6.42 Å². The molecule has 2 aromatic rings. The van der Waals surface area contributed by atoms with Gasteiger partial charge in [-0.1, -0.05) is 60.7 Å². The molecule has 0 atom stereocenters. The number of allylic oxidation sites excluding steroid dienone is 2. The zero-order valence-corrected chi connectivity index (χ0v) is 11.7. The predicted molar refractivity (Wildman–Crippen MR) is 85.2 cm³/mol. The van der Waals surface area contributed by atoms with Crippen LogP contribution >= 0.6 is 0 Å². The average Bonchev–Trinajstić information content (AvgIpc) is 2.41. The van der Waals surface area contributed by atoms with Gasteiger partial charge in [0, 0.05) is 0 Å². The third kappa shape index (κ3) is 3.03. The lowest BCUT2D eigenvalue weighted by atomic mass is 9.97. The van der Waals surface area contributed by atoms with E-state index >= 15 is 0 Å². The van der Waals surface area contributed by atoms with E-state index in [2.05, 4.69) is 62.5 Å². The molecule has 19 heavy (non-hydrogen) atoms. The first kappa shape index (κ1) is 13.4. The Balaban J connectivity index is 2.38. The van der Waals surface area contributed by atoms with Crippen LogP contribution in [0.15, 0.2) is 61.7 Å². The third-order valence-electron chi connectivity index (χ3n) is 3.42. The summed E-state index contributed by atoms with van der Waals surface area (Å²) in [6, 6.07) is 15.2. The van der Waals surface area contributed by atoms with Crippen LogP contribution in [0.1, 0.15) is 23.6 Å². The first-order chi connectivity index (χ1) is 9.11. The largest absolute Gasteiger partial charge is 0.103 e. The molecule has 96 valence electrons. The average molecular weight is 248 g/mol. The van der Waals surface area contributed by atoms with Gasteiger partial charge in [0.15, 0.2) is 0 Å². The summed E-state index contributed by atoms with van der Waals surface area (Å²) in [5.74, 6) is 0. The van der Waals surface area contributed by atoms with Crippen LogP contribution in [0.25, 0.3) is 16.7 Å². The lowest BCUT2D eigenvalue weighted by molar-refractivity contribution is 1.22. The number of hydrogen-bond acceptors (Lipinski definition) is 0. The molecule has 2 aromatic carbocycles. The molecule has 0 aliphatic rings. The van der Waals surface area contributed by atoms with Gasteiger partial charge < -0.3 is 0 Å². The quantitative estimate of drug-likeness (QED) is 0.633. The number of aryl methyl sites for hydroxylation is 1. The van der Waals surface area contributed by atoms with Crippen molar-refractivity contribution in [1.29, 1.82) is 0 Å². The van der Waals surface area contributed by atoms with Crippen LogP contribution in [-0.4, -0.2) is 0 Å². The lowest BCUT2D eigenvalue weighted by Gasteiger charge is -2.08. The van der Waals surface area contributed by atoms with E-state index in [1.807, 2.05) is 13.0 Å². The summed E-state index contributed by atoms with van der Waals surface area (Å²) in [5, 5.41) is 0. The van der Waals surface area contributed by atoms with Gasteiger partial charge in [-0.15, -0.1) is 6.58 Å². The number of hydrogen-bond donors (Lipinski definition) is 0. The van der Waals surface area contributed by atoms with E-state index < -0.39 is 0 Å². The van der Waals surface area contributed by atoms with Crippen LogP contribution in [0.4, 0.5) is 0 Å². The van der Waals surface area contributed by atoms with Crippen LogP contribution in [0.5, 0.6) is 0 Å². The van der Waals surface area contributed by atoms with Gasteiger partial charge in [0.1, 0.15) is 0 Å². The summed E-state index contributed by atoms with van der Waals surface area (Å²) >= 11 is 0. The van der Waals surface area contributed by atoms with E-state index in [0.29, 0.717) is 0 Å². The Bertz CT molecular complexity index is 600.